The van der Waals surface area contributed by atoms with E-state index in [1.165, 1.54) is 64.2 Å². The first-order valence-electron chi connectivity index (χ1n) is 11.5. The molecule has 2 heteroatoms. The van der Waals surface area contributed by atoms with Crippen LogP contribution in [-0.2, 0) is 19.9 Å². The molecule has 0 saturated heterocycles. The quantitative estimate of drug-likeness (QED) is 0.299. The van der Waals surface area contributed by atoms with Gasteiger partial charge in [-0.05, 0) is 85.2 Å². The second kappa shape index (κ2) is 7.16. The van der Waals surface area contributed by atoms with Crippen molar-refractivity contribution in [2.24, 2.45) is 7.05 Å². The molecule has 2 heterocycles. The minimum absolute atomic E-state index is 0.345. The highest BCUT2D eigenvalue weighted by atomic mass is 15.0. The van der Waals surface area contributed by atoms with Gasteiger partial charge in [-0.2, -0.15) is 0 Å². The van der Waals surface area contributed by atoms with Crippen LogP contribution in [0, 0.1) is 0 Å². The van der Waals surface area contributed by atoms with Gasteiger partial charge in [0.2, 0.25) is 0 Å². The SMILES string of the molecule is C[C@H](c1ccccc1)n1c2c(c3cc(-c4ccc5c(ccn5C)c4)ccc31)CCCC2. The van der Waals surface area contributed by atoms with E-state index in [0.717, 1.165) is 0 Å². The van der Waals surface area contributed by atoms with Gasteiger partial charge >= 0.3 is 0 Å². The fourth-order valence-electron chi connectivity index (χ4n) is 5.54. The molecule has 0 bridgehead atoms. The highest BCUT2D eigenvalue weighted by Gasteiger charge is 2.23. The van der Waals surface area contributed by atoms with E-state index in [-0.39, 0.29) is 0 Å². The first-order valence-corrected chi connectivity index (χ1v) is 11.5. The molecule has 2 nitrogen and oxygen atoms in total. The van der Waals surface area contributed by atoms with Gasteiger partial charge < -0.3 is 9.13 Å². The van der Waals surface area contributed by atoms with Crippen LogP contribution in [0.25, 0.3) is 32.9 Å². The third-order valence-corrected chi connectivity index (χ3v) is 7.20. The van der Waals surface area contributed by atoms with Crippen molar-refractivity contribution in [2.75, 3.05) is 0 Å². The average Bonchev–Trinajstić information content (AvgIpc) is 3.36. The van der Waals surface area contributed by atoms with E-state index in [9.17, 15) is 0 Å². The topological polar surface area (TPSA) is 9.86 Å². The second-order valence-corrected chi connectivity index (χ2v) is 9.02. The van der Waals surface area contributed by atoms with Crippen molar-refractivity contribution in [3.8, 4) is 11.1 Å². The summed E-state index contributed by atoms with van der Waals surface area (Å²) in [5.74, 6) is 0. The molecule has 0 spiro atoms. The van der Waals surface area contributed by atoms with Crippen molar-refractivity contribution in [2.45, 2.75) is 38.6 Å². The minimum Gasteiger partial charge on any atom is -0.351 e. The first-order chi connectivity index (χ1) is 15.2. The fourth-order valence-corrected chi connectivity index (χ4v) is 5.54. The molecule has 0 amide bonds. The zero-order valence-corrected chi connectivity index (χ0v) is 18.3. The number of fused-ring (bicyclic) bond motifs is 4. The number of hydrogen-bond acceptors (Lipinski definition) is 0. The van der Waals surface area contributed by atoms with Crippen LogP contribution in [0.1, 0.15) is 42.6 Å². The summed E-state index contributed by atoms with van der Waals surface area (Å²) in [4.78, 5) is 0. The third-order valence-electron chi connectivity index (χ3n) is 7.20. The van der Waals surface area contributed by atoms with E-state index >= 15 is 0 Å². The molecule has 2 aromatic heterocycles. The Balaban J connectivity index is 1.53. The number of benzene rings is 3. The summed E-state index contributed by atoms with van der Waals surface area (Å²) in [7, 11) is 2.11. The molecule has 5 aromatic rings. The second-order valence-electron chi connectivity index (χ2n) is 9.02. The summed E-state index contributed by atoms with van der Waals surface area (Å²) in [6.07, 6.45) is 7.11. The van der Waals surface area contributed by atoms with Crippen LogP contribution in [-0.4, -0.2) is 9.13 Å². The van der Waals surface area contributed by atoms with Crippen molar-refractivity contribution in [3.05, 3.63) is 95.8 Å². The van der Waals surface area contributed by atoms with Crippen molar-refractivity contribution < 1.29 is 0 Å². The van der Waals surface area contributed by atoms with E-state index in [4.69, 9.17) is 0 Å². The number of nitrogens with zero attached hydrogens (tertiary/aromatic N) is 2. The number of hydrogen-bond donors (Lipinski definition) is 0. The van der Waals surface area contributed by atoms with E-state index in [0.29, 0.717) is 6.04 Å². The molecule has 0 N–H and O–H groups in total. The van der Waals surface area contributed by atoms with Gasteiger partial charge in [-0.1, -0.05) is 42.5 Å². The van der Waals surface area contributed by atoms with Crippen molar-refractivity contribution in [1.29, 1.82) is 0 Å². The van der Waals surface area contributed by atoms with Crippen LogP contribution >= 0.6 is 0 Å². The molecule has 0 unspecified atom stereocenters. The van der Waals surface area contributed by atoms with Crippen molar-refractivity contribution in [1.82, 2.24) is 9.13 Å². The Kier molecular flexibility index (Phi) is 4.27. The zero-order chi connectivity index (χ0) is 20.9. The Morgan fingerprint density at radius 1 is 0.774 bits per heavy atom. The largest absolute Gasteiger partial charge is 0.351 e. The molecule has 1 aliphatic rings. The van der Waals surface area contributed by atoms with Crippen molar-refractivity contribution >= 4 is 21.8 Å². The Morgan fingerprint density at radius 3 is 2.35 bits per heavy atom. The van der Waals surface area contributed by atoms with Crippen LogP contribution < -0.4 is 0 Å². The highest BCUT2D eigenvalue weighted by molar-refractivity contribution is 5.92. The average molecular weight is 405 g/mol. The molecule has 0 radical (unpaired) electrons. The van der Waals surface area contributed by atoms with Crippen LogP contribution in [0.2, 0.25) is 0 Å². The lowest BCUT2D eigenvalue weighted by Gasteiger charge is -2.22. The molecule has 3 aromatic carbocycles. The Labute approximate surface area is 183 Å². The van der Waals surface area contributed by atoms with Crippen LogP contribution in [0.3, 0.4) is 0 Å². The maximum atomic E-state index is 2.61. The molecular formula is C29H28N2. The molecule has 31 heavy (non-hydrogen) atoms. The molecule has 6 rings (SSSR count). The smallest absolute Gasteiger partial charge is 0.0560 e. The Bertz CT molecular complexity index is 1400. The highest BCUT2D eigenvalue weighted by Crippen LogP contribution is 2.38. The summed E-state index contributed by atoms with van der Waals surface area (Å²) in [6, 6.07) is 27.4. The van der Waals surface area contributed by atoms with Gasteiger partial charge in [-0.3, -0.25) is 0 Å². The standard InChI is InChI=1S/C29H28N2/c1-20(21-8-4-3-5-9-21)31-28-11-7-6-10-25(28)26-19-23(13-15-29(26)31)22-12-14-27-24(18-22)16-17-30(27)2/h3-5,8-9,12-20H,6-7,10-11H2,1-2H3/t20-/m1/s1. The van der Waals surface area contributed by atoms with E-state index in [2.05, 4.69) is 102 Å². The molecule has 0 fully saturated rings. The molecular weight excluding hydrogens is 376 g/mol. The van der Waals surface area contributed by atoms with Crippen molar-refractivity contribution in [3.63, 3.8) is 0 Å². The van der Waals surface area contributed by atoms with E-state index in [1.54, 1.807) is 11.3 Å². The van der Waals surface area contributed by atoms with Gasteiger partial charge in [-0.25, -0.2) is 0 Å². The van der Waals surface area contributed by atoms with Gasteiger partial charge in [0.05, 0.1) is 6.04 Å². The van der Waals surface area contributed by atoms with Gasteiger partial charge in [0.15, 0.2) is 0 Å². The Hall–Kier alpha value is -3.26. The summed E-state index contributed by atoms with van der Waals surface area (Å²) >= 11 is 0. The summed E-state index contributed by atoms with van der Waals surface area (Å²) in [5, 5.41) is 2.75. The lowest BCUT2D eigenvalue weighted by Crippen LogP contribution is -2.13. The van der Waals surface area contributed by atoms with E-state index < -0.39 is 0 Å². The Morgan fingerprint density at radius 2 is 1.52 bits per heavy atom. The van der Waals surface area contributed by atoms with Crippen LogP contribution in [0.4, 0.5) is 0 Å². The minimum atomic E-state index is 0.345. The molecule has 0 saturated carbocycles. The number of aromatic nitrogens is 2. The predicted octanol–water partition coefficient (Wildman–Crippen LogP) is 7.29. The summed E-state index contributed by atoms with van der Waals surface area (Å²) < 4.78 is 4.80. The fraction of sp³-hybridized carbons (Fsp3) is 0.241. The predicted molar refractivity (Wildman–Crippen MR) is 131 cm³/mol. The van der Waals surface area contributed by atoms with Crippen LogP contribution in [0.15, 0.2) is 79.0 Å². The van der Waals surface area contributed by atoms with E-state index in [1.807, 2.05) is 0 Å². The zero-order valence-electron chi connectivity index (χ0n) is 18.3. The summed E-state index contributed by atoms with van der Waals surface area (Å²) in [5.41, 5.74) is 9.79. The van der Waals surface area contributed by atoms with Gasteiger partial charge in [0.25, 0.3) is 0 Å². The number of rotatable bonds is 3. The van der Waals surface area contributed by atoms with Gasteiger partial charge in [0, 0.05) is 40.7 Å². The van der Waals surface area contributed by atoms with Gasteiger partial charge in [0.1, 0.15) is 0 Å². The first kappa shape index (κ1) is 18.5. The maximum absolute atomic E-state index is 2.61. The summed E-state index contributed by atoms with van der Waals surface area (Å²) in [6.45, 7) is 2.35. The molecule has 1 atom stereocenters. The maximum Gasteiger partial charge on any atom is 0.0560 e. The lowest BCUT2D eigenvalue weighted by atomic mass is 9.94. The van der Waals surface area contributed by atoms with Gasteiger partial charge in [-0.15, -0.1) is 0 Å². The monoisotopic (exact) mass is 404 g/mol. The lowest BCUT2D eigenvalue weighted by molar-refractivity contribution is 0.584. The normalized spacial score (nSPS) is 14.8. The third kappa shape index (κ3) is 2.93. The van der Waals surface area contributed by atoms with Crippen LogP contribution in [0.5, 0.6) is 0 Å². The molecule has 0 aliphatic heterocycles. The molecule has 1 aliphatic carbocycles. The molecule has 154 valence electrons. The number of aryl methyl sites for hydroxylation is 2.